The van der Waals surface area contributed by atoms with Crippen LogP contribution < -0.4 is 11.1 Å². The van der Waals surface area contributed by atoms with E-state index in [1.165, 1.54) is 0 Å². The molecule has 150 valence electrons. The summed E-state index contributed by atoms with van der Waals surface area (Å²) in [6.07, 6.45) is -10.0. The first-order chi connectivity index (χ1) is 12.4. The third-order valence-electron chi connectivity index (χ3n) is 4.14. The quantitative estimate of drug-likeness (QED) is 0.759. The van der Waals surface area contributed by atoms with Crippen LogP contribution in [0.4, 0.5) is 31.1 Å². The lowest BCUT2D eigenvalue weighted by Gasteiger charge is -2.28. The maximum Gasteiger partial charge on any atom is 0.416 e. The van der Waals surface area contributed by atoms with Crippen molar-refractivity contribution < 1.29 is 40.7 Å². The summed E-state index contributed by atoms with van der Waals surface area (Å²) in [5.74, 6) is -1.04. The number of hydrogen-bond acceptors (Lipinski definition) is 3. The molecular weight excluding hydrogens is 382 g/mol. The Bertz CT molecular complexity index is 677. The van der Waals surface area contributed by atoms with E-state index in [0.29, 0.717) is 37.8 Å². The highest BCUT2D eigenvalue weighted by atomic mass is 19.4. The second-order valence-corrected chi connectivity index (χ2v) is 6.18. The Hall–Kier alpha value is -2.46. The molecule has 0 atom stereocenters. The Kier molecular flexibility index (Phi) is 5.91. The van der Waals surface area contributed by atoms with Gasteiger partial charge in [0.05, 0.1) is 11.1 Å². The summed E-state index contributed by atoms with van der Waals surface area (Å²) < 4.78 is 81.9. The molecule has 0 bridgehead atoms. The molecule has 0 aliphatic heterocycles. The molecule has 0 unspecified atom stereocenters. The number of carbonyl (C=O) groups is 2. The third kappa shape index (κ3) is 5.76. The van der Waals surface area contributed by atoms with E-state index >= 15 is 0 Å². The fourth-order valence-electron chi connectivity index (χ4n) is 2.84. The normalized spacial score (nSPS) is 20.8. The highest BCUT2D eigenvalue weighted by Crippen LogP contribution is 2.36. The smallest absolute Gasteiger partial charge is 0.416 e. The van der Waals surface area contributed by atoms with Crippen LogP contribution in [-0.2, 0) is 17.1 Å². The molecule has 11 heteroatoms. The molecule has 2 amide bonds. The van der Waals surface area contributed by atoms with E-state index in [-0.39, 0.29) is 6.07 Å². The van der Waals surface area contributed by atoms with Gasteiger partial charge in [0.1, 0.15) is 6.10 Å². The van der Waals surface area contributed by atoms with Crippen LogP contribution in [0.5, 0.6) is 0 Å². The predicted molar refractivity (Wildman–Crippen MR) is 80.6 cm³/mol. The number of benzene rings is 1. The fraction of sp³-hybridized carbons (Fsp3) is 0.500. The van der Waals surface area contributed by atoms with Gasteiger partial charge in [0.15, 0.2) is 0 Å². The number of halogens is 6. The fourth-order valence-corrected chi connectivity index (χ4v) is 2.84. The van der Waals surface area contributed by atoms with Gasteiger partial charge in [-0.1, -0.05) is 0 Å². The van der Waals surface area contributed by atoms with Crippen molar-refractivity contribution in [3.05, 3.63) is 34.9 Å². The van der Waals surface area contributed by atoms with Crippen LogP contribution >= 0.6 is 0 Å². The number of hydrogen-bond donors (Lipinski definition) is 2. The molecule has 0 radical (unpaired) electrons. The number of ether oxygens (including phenoxy) is 1. The van der Waals surface area contributed by atoms with E-state index in [1.54, 1.807) is 0 Å². The number of nitrogens with one attached hydrogen (secondary N) is 1. The van der Waals surface area contributed by atoms with Gasteiger partial charge in [-0.15, -0.1) is 0 Å². The van der Waals surface area contributed by atoms with E-state index in [9.17, 15) is 35.9 Å². The molecule has 0 heterocycles. The topological polar surface area (TPSA) is 81.4 Å². The van der Waals surface area contributed by atoms with Gasteiger partial charge in [-0.2, -0.15) is 26.3 Å². The number of nitrogens with two attached hydrogens (primary N) is 1. The summed E-state index contributed by atoms with van der Waals surface area (Å²) >= 11 is 0. The molecule has 27 heavy (non-hydrogen) atoms. The van der Waals surface area contributed by atoms with Gasteiger partial charge in [0, 0.05) is 11.6 Å². The van der Waals surface area contributed by atoms with Crippen LogP contribution in [0.2, 0.25) is 0 Å². The number of rotatable bonds is 3. The van der Waals surface area contributed by atoms with E-state index in [0.717, 1.165) is 0 Å². The van der Waals surface area contributed by atoms with Gasteiger partial charge >= 0.3 is 18.4 Å². The lowest BCUT2D eigenvalue weighted by molar-refractivity contribution is -0.143. The van der Waals surface area contributed by atoms with Crippen molar-refractivity contribution in [3.63, 3.8) is 0 Å². The van der Waals surface area contributed by atoms with Gasteiger partial charge in [0.25, 0.3) is 5.91 Å². The van der Waals surface area contributed by atoms with E-state index in [1.807, 2.05) is 0 Å². The second kappa shape index (κ2) is 7.65. The van der Waals surface area contributed by atoms with Crippen LogP contribution in [-0.4, -0.2) is 24.1 Å². The first-order valence-corrected chi connectivity index (χ1v) is 7.92. The summed E-state index contributed by atoms with van der Waals surface area (Å²) in [6.45, 7) is 0. The zero-order valence-electron chi connectivity index (χ0n) is 13.8. The Labute approximate surface area is 149 Å². The van der Waals surface area contributed by atoms with Crippen LogP contribution in [0.15, 0.2) is 18.2 Å². The summed E-state index contributed by atoms with van der Waals surface area (Å²) in [5, 5.41) is 2.42. The molecule has 0 saturated heterocycles. The molecule has 1 aliphatic carbocycles. The van der Waals surface area contributed by atoms with Gasteiger partial charge in [-0.25, -0.2) is 4.79 Å². The van der Waals surface area contributed by atoms with Crippen molar-refractivity contribution >= 4 is 12.0 Å². The average molecular weight is 398 g/mol. The average Bonchev–Trinajstić information content (AvgIpc) is 2.54. The van der Waals surface area contributed by atoms with Crippen molar-refractivity contribution in [1.29, 1.82) is 0 Å². The first-order valence-electron chi connectivity index (χ1n) is 7.92. The highest BCUT2D eigenvalue weighted by Gasteiger charge is 2.37. The minimum Gasteiger partial charge on any atom is -0.446 e. The highest BCUT2D eigenvalue weighted by molar-refractivity contribution is 5.94. The molecule has 0 aromatic heterocycles. The number of primary amides is 1. The van der Waals surface area contributed by atoms with Crippen LogP contribution in [0.25, 0.3) is 0 Å². The third-order valence-corrected chi connectivity index (χ3v) is 4.14. The van der Waals surface area contributed by atoms with Gasteiger partial charge in [0.2, 0.25) is 0 Å². The van der Waals surface area contributed by atoms with Crippen LogP contribution in [0, 0.1) is 0 Å². The monoisotopic (exact) mass is 398 g/mol. The van der Waals surface area contributed by atoms with Crippen molar-refractivity contribution in [1.82, 2.24) is 5.32 Å². The Morgan fingerprint density at radius 2 is 1.41 bits per heavy atom. The molecule has 1 saturated carbocycles. The number of amides is 2. The predicted octanol–water partition coefficient (Wildman–Crippen LogP) is 3.86. The summed E-state index contributed by atoms with van der Waals surface area (Å²) in [5.41, 5.74) is 1.06. The molecule has 5 nitrogen and oxygen atoms in total. The molecule has 1 aliphatic rings. The Morgan fingerprint density at radius 3 is 1.81 bits per heavy atom. The zero-order valence-corrected chi connectivity index (χ0v) is 13.8. The van der Waals surface area contributed by atoms with Gasteiger partial charge in [-0.05, 0) is 43.9 Å². The Balaban J connectivity index is 2.13. The van der Waals surface area contributed by atoms with Crippen molar-refractivity contribution in [2.75, 3.05) is 0 Å². The van der Waals surface area contributed by atoms with Crippen LogP contribution in [0.1, 0.15) is 47.2 Å². The zero-order chi connectivity index (χ0) is 20.4. The molecule has 2 rings (SSSR count). The van der Waals surface area contributed by atoms with Gasteiger partial charge < -0.3 is 15.8 Å². The minimum absolute atomic E-state index is 0.0385. The van der Waals surface area contributed by atoms with Crippen LogP contribution in [0.3, 0.4) is 0 Å². The van der Waals surface area contributed by atoms with E-state index in [2.05, 4.69) is 5.32 Å². The lowest BCUT2D eigenvalue weighted by Crippen LogP contribution is -2.40. The maximum atomic E-state index is 12.9. The summed E-state index contributed by atoms with van der Waals surface area (Å²) in [4.78, 5) is 22.9. The molecular formula is C16H16F6N2O3. The molecule has 1 fully saturated rings. The standard InChI is InChI=1S/C16H16F6N2O3/c17-15(18,19)9-5-8(6-10(7-9)16(20,21)22)13(25)24-11-1-3-12(4-2-11)27-14(23)26/h5-7,11-12H,1-4H2,(H2,23,26)(H,24,25). The van der Waals surface area contributed by atoms with Crippen molar-refractivity contribution in [3.8, 4) is 0 Å². The largest absolute Gasteiger partial charge is 0.446 e. The number of carbonyl (C=O) groups excluding carboxylic acids is 2. The minimum atomic E-state index is -5.03. The van der Waals surface area contributed by atoms with E-state index < -0.39 is 53.2 Å². The Morgan fingerprint density at radius 1 is 0.926 bits per heavy atom. The van der Waals surface area contributed by atoms with Gasteiger partial charge in [-0.3, -0.25) is 4.79 Å². The van der Waals surface area contributed by atoms with Crippen molar-refractivity contribution in [2.24, 2.45) is 5.73 Å². The molecule has 3 N–H and O–H groups in total. The maximum absolute atomic E-state index is 12.9. The molecule has 1 aromatic rings. The second-order valence-electron chi connectivity index (χ2n) is 6.18. The number of alkyl halides is 6. The molecule has 1 aromatic carbocycles. The van der Waals surface area contributed by atoms with Crippen molar-refractivity contribution in [2.45, 2.75) is 50.2 Å². The first kappa shape index (κ1) is 20.8. The SMILES string of the molecule is NC(=O)OC1CCC(NC(=O)c2cc(C(F)(F)F)cc(C(F)(F)F)c2)CC1. The molecule has 0 spiro atoms. The lowest BCUT2D eigenvalue weighted by atomic mass is 9.92. The summed E-state index contributed by atoms with van der Waals surface area (Å²) in [7, 11) is 0. The van der Waals surface area contributed by atoms with E-state index in [4.69, 9.17) is 10.5 Å². The summed E-state index contributed by atoms with van der Waals surface area (Å²) in [6, 6.07) is 0.260.